The minimum absolute atomic E-state index is 0.0994. The standard InChI is InChI=1S/C32H30N2O3/c1-4-33(5-2)25-16-18-26(19-17-25)34-29(27-13-9-6-10-21(27)3)28(31(36)32(34)37)30(35)24-15-14-22-11-7-8-12-23(22)20-24/h6-20,29,35H,4-5H2,1-3H3/b30-28+. The Kier molecular flexibility index (Phi) is 6.53. The molecule has 5 rings (SSSR count). The van der Waals surface area contributed by atoms with Crippen LogP contribution < -0.4 is 9.80 Å². The van der Waals surface area contributed by atoms with Crippen molar-refractivity contribution in [1.82, 2.24) is 0 Å². The molecular weight excluding hydrogens is 460 g/mol. The third-order valence-corrected chi connectivity index (χ3v) is 7.21. The predicted molar refractivity (Wildman–Crippen MR) is 150 cm³/mol. The first-order chi connectivity index (χ1) is 17.9. The van der Waals surface area contributed by atoms with Crippen molar-refractivity contribution in [2.24, 2.45) is 0 Å². The fourth-order valence-corrected chi connectivity index (χ4v) is 5.19. The van der Waals surface area contributed by atoms with Gasteiger partial charge in [0.1, 0.15) is 5.76 Å². The average Bonchev–Trinajstić information content (AvgIpc) is 3.19. The van der Waals surface area contributed by atoms with E-state index in [1.807, 2.05) is 91.9 Å². The van der Waals surface area contributed by atoms with Gasteiger partial charge < -0.3 is 10.0 Å². The van der Waals surface area contributed by atoms with Crippen LogP contribution in [0.3, 0.4) is 0 Å². The van der Waals surface area contributed by atoms with Crippen molar-refractivity contribution in [2.45, 2.75) is 26.8 Å². The number of aliphatic hydroxyl groups is 1. The van der Waals surface area contributed by atoms with E-state index in [1.54, 1.807) is 6.07 Å². The van der Waals surface area contributed by atoms with Gasteiger partial charge in [0.15, 0.2) is 0 Å². The fourth-order valence-electron chi connectivity index (χ4n) is 5.19. The second-order valence-corrected chi connectivity index (χ2v) is 9.28. The highest BCUT2D eigenvalue weighted by Gasteiger charge is 2.47. The number of aliphatic hydroxyl groups excluding tert-OH is 1. The maximum absolute atomic E-state index is 13.5. The molecule has 1 fully saturated rings. The summed E-state index contributed by atoms with van der Waals surface area (Å²) in [4.78, 5) is 30.8. The Morgan fingerprint density at radius 3 is 2.16 bits per heavy atom. The van der Waals surface area contributed by atoms with Crippen molar-refractivity contribution in [3.05, 3.63) is 113 Å². The van der Waals surface area contributed by atoms with E-state index in [2.05, 4.69) is 18.7 Å². The first-order valence-corrected chi connectivity index (χ1v) is 12.6. The van der Waals surface area contributed by atoms with E-state index in [1.165, 1.54) is 4.90 Å². The number of hydrogen-bond donors (Lipinski definition) is 1. The van der Waals surface area contributed by atoms with Gasteiger partial charge in [-0.25, -0.2) is 0 Å². The predicted octanol–water partition coefficient (Wildman–Crippen LogP) is 6.62. The van der Waals surface area contributed by atoms with Crippen LogP contribution >= 0.6 is 0 Å². The van der Waals surface area contributed by atoms with Crippen LogP contribution in [0.4, 0.5) is 11.4 Å². The largest absolute Gasteiger partial charge is 0.507 e. The summed E-state index contributed by atoms with van der Waals surface area (Å²) < 4.78 is 0. The highest BCUT2D eigenvalue weighted by molar-refractivity contribution is 6.51. The summed E-state index contributed by atoms with van der Waals surface area (Å²) in [6.07, 6.45) is 0. The number of carbonyl (C=O) groups is 2. The molecule has 0 aliphatic carbocycles. The van der Waals surface area contributed by atoms with E-state index in [0.717, 1.165) is 40.7 Å². The Morgan fingerprint density at radius 1 is 0.838 bits per heavy atom. The number of fused-ring (bicyclic) bond motifs is 1. The van der Waals surface area contributed by atoms with E-state index < -0.39 is 17.7 Å². The van der Waals surface area contributed by atoms with Crippen molar-refractivity contribution >= 4 is 39.6 Å². The second kappa shape index (κ2) is 9.94. The number of aryl methyl sites for hydroxylation is 1. The molecule has 5 heteroatoms. The van der Waals surface area contributed by atoms with E-state index in [4.69, 9.17) is 0 Å². The Hall–Kier alpha value is -4.38. The molecule has 0 bridgehead atoms. The zero-order chi connectivity index (χ0) is 26.1. The molecule has 186 valence electrons. The molecule has 4 aromatic carbocycles. The zero-order valence-electron chi connectivity index (χ0n) is 21.3. The molecule has 0 saturated carbocycles. The molecule has 0 aromatic heterocycles. The Balaban J connectivity index is 1.68. The molecule has 1 amide bonds. The van der Waals surface area contributed by atoms with Crippen LogP contribution in [0, 0.1) is 6.92 Å². The number of nitrogens with zero attached hydrogens (tertiary/aromatic N) is 2. The monoisotopic (exact) mass is 490 g/mol. The van der Waals surface area contributed by atoms with Crippen molar-refractivity contribution in [2.75, 3.05) is 22.9 Å². The van der Waals surface area contributed by atoms with Crippen molar-refractivity contribution in [1.29, 1.82) is 0 Å². The number of anilines is 2. The summed E-state index contributed by atoms with van der Waals surface area (Å²) in [6, 6.07) is 28.0. The van der Waals surface area contributed by atoms with E-state index in [-0.39, 0.29) is 11.3 Å². The normalized spacial score (nSPS) is 16.9. The summed E-state index contributed by atoms with van der Waals surface area (Å²) in [5, 5.41) is 13.5. The van der Waals surface area contributed by atoms with Crippen LogP contribution in [0.5, 0.6) is 0 Å². The first-order valence-electron chi connectivity index (χ1n) is 12.6. The lowest BCUT2D eigenvalue weighted by molar-refractivity contribution is -0.132. The van der Waals surface area contributed by atoms with Gasteiger partial charge in [-0.3, -0.25) is 14.5 Å². The van der Waals surface area contributed by atoms with Gasteiger partial charge in [0.25, 0.3) is 11.7 Å². The molecule has 1 aliphatic rings. The van der Waals surface area contributed by atoms with Gasteiger partial charge in [0.2, 0.25) is 0 Å². The minimum Gasteiger partial charge on any atom is -0.507 e. The number of Topliss-reactive ketones (excluding diaryl/α,β-unsaturated/α-hetero) is 1. The number of ketones is 1. The molecule has 4 aromatic rings. The third-order valence-electron chi connectivity index (χ3n) is 7.21. The average molecular weight is 491 g/mol. The molecule has 5 nitrogen and oxygen atoms in total. The number of amides is 1. The summed E-state index contributed by atoms with van der Waals surface area (Å²) in [7, 11) is 0. The maximum atomic E-state index is 13.5. The lowest BCUT2D eigenvalue weighted by Gasteiger charge is -2.27. The van der Waals surface area contributed by atoms with Gasteiger partial charge in [-0.05, 0) is 73.0 Å². The van der Waals surface area contributed by atoms with Gasteiger partial charge in [-0.2, -0.15) is 0 Å². The topological polar surface area (TPSA) is 60.9 Å². The van der Waals surface area contributed by atoms with E-state index >= 15 is 0 Å². The highest BCUT2D eigenvalue weighted by atomic mass is 16.3. The molecule has 37 heavy (non-hydrogen) atoms. The van der Waals surface area contributed by atoms with Gasteiger partial charge in [0.05, 0.1) is 11.6 Å². The van der Waals surface area contributed by atoms with Crippen LogP contribution in [0.15, 0.2) is 96.6 Å². The lowest BCUT2D eigenvalue weighted by Crippen LogP contribution is -2.30. The van der Waals surface area contributed by atoms with E-state index in [9.17, 15) is 14.7 Å². The van der Waals surface area contributed by atoms with Crippen molar-refractivity contribution in [3.63, 3.8) is 0 Å². The Morgan fingerprint density at radius 2 is 1.49 bits per heavy atom. The van der Waals surface area contributed by atoms with Crippen LogP contribution in [0.2, 0.25) is 0 Å². The Labute approximate surface area is 217 Å². The molecule has 0 spiro atoms. The third kappa shape index (κ3) is 4.27. The van der Waals surface area contributed by atoms with Crippen molar-refractivity contribution in [3.8, 4) is 0 Å². The smallest absolute Gasteiger partial charge is 0.300 e. The summed E-state index contributed by atoms with van der Waals surface area (Å²) in [5.74, 6) is -1.50. The number of carbonyl (C=O) groups excluding carboxylic acids is 2. The fraction of sp³-hybridized carbons (Fsp3) is 0.188. The van der Waals surface area contributed by atoms with Crippen LogP contribution in [0.25, 0.3) is 16.5 Å². The maximum Gasteiger partial charge on any atom is 0.300 e. The summed E-state index contributed by atoms with van der Waals surface area (Å²) >= 11 is 0. The first kappa shape index (κ1) is 24.3. The van der Waals surface area contributed by atoms with E-state index in [0.29, 0.717) is 11.3 Å². The molecule has 0 radical (unpaired) electrons. The molecule has 1 heterocycles. The van der Waals surface area contributed by atoms with Crippen LogP contribution in [-0.2, 0) is 9.59 Å². The zero-order valence-corrected chi connectivity index (χ0v) is 21.3. The minimum atomic E-state index is -0.744. The van der Waals surface area contributed by atoms with Crippen molar-refractivity contribution < 1.29 is 14.7 Å². The van der Waals surface area contributed by atoms with Crippen LogP contribution in [0.1, 0.15) is 36.6 Å². The molecule has 1 atom stereocenters. The van der Waals surface area contributed by atoms with Gasteiger partial charge >= 0.3 is 0 Å². The van der Waals surface area contributed by atoms with Gasteiger partial charge in [-0.1, -0.05) is 60.7 Å². The van der Waals surface area contributed by atoms with Gasteiger partial charge in [-0.15, -0.1) is 0 Å². The summed E-state index contributed by atoms with van der Waals surface area (Å²) in [5.41, 5.74) is 4.01. The molecule has 1 N–H and O–H groups in total. The quantitative estimate of drug-likeness (QED) is 0.187. The number of hydrogen-bond acceptors (Lipinski definition) is 4. The number of rotatable bonds is 6. The lowest BCUT2D eigenvalue weighted by atomic mass is 9.92. The highest BCUT2D eigenvalue weighted by Crippen LogP contribution is 2.43. The molecule has 1 unspecified atom stereocenters. The molecule has 1 aliphatic heterocycles. The Bertz CT molecular complexity index is 1520. The molecule has 1 saturated heterocycles. The van der Waals surface area contributed by atoms with Crippen LogP contribution in [-0.4, -0.2) is 29.9 Å². The summed E-state index contributed by atoms with van der Waals surface area (Å²) in [6.45, 7) is 7.89. The SMILES string of the molecule is CCN(CC)c1ccc(N2C(=O)C(=O)/C(=C(/O)c3ccc4ccccc4c3)C2c2ccccc2C)cc1. The van der Waals surface area contributed by atoms with Gasteiger partial charge in [0, 0.05) is 30.0 Å². The second-order valence-electron chi connectivity index (χ2n) is 9.28. The number of benzene rings is 4. The molecular formula is C32H30N2O3.